The Morgan fingerprint density at radius 3 is 2.18 bits per heavy atom. The zero-order valence-electron chi connectivity index (χ0n) is 22.6. The van der Waals surface area contributed by atoms with Crippen LogP contribution in [-0.4, -0.2) is 79.0 Å². The number of guanidine groups is 1. The summed E-state index contributed by atoms with van der Waals surface area (Å²) < 4.78 is 22.4. The second-order valence-corrected chi connectivity index (χ2v) is 9.02. The summed E-state index contributed by atoms with van der Waals surface area (Å²) in [7, 11) is 1.30. The van der Waals surface area contributed by atoms with Crippen molar-refractivity contribution in [2.75, 3.05) is 13.7 Å². The molecule has 13 nitrogen and oxygen atoms in total. The lowest BCUT2D eigenvalue weighted by atomic mass is 9.92. The van der Waals surface area contributed by atoms with Gasteiger partial charge in [-0.15, -0.1) is 0 Å². The van der Waals surface area contributed by atoms with Gasteiger partial charge in [-0.25, -0.2) is 9.79 Å². The van der Waals surface area contributed by atoms with Crippen LogP contribution < -0.4 is 16.8 Å². The van der Waals surface area contributed by atoms with Gasteiger partial charge in [0.05, 0.1) is 12.1 Å². The molecule has 1 heterocycles. The summed E-state index contributed by atoms with van der Waals surface area (Å²) in [5, 5.41) is 12.3. The standard InChI is InChI=1S/C25H42N4O9/c1-5-7-9-11-19(31)36-14-18(37-20(32)12-10-8-6-2)22(35-4)23-21(28-15(3)30)16(29-25(26)27)13-17(38-23)24(33)34/h13,16,18,21-23H,5-12,14H2,1-4H3,(H,28,30)(H,33,34)(H4,26,27,29)/t16-,18+,21+,22+,23+/m0/s1. The van der Waals surface area contributed by atoms with E-state index in [0.29, 0.717) is 12.8 Å². The van der Waals surface area contributed by atoms with Gasteiger partial charge in [-0.1, -0.05) is 39.5 Å². The first-order valence-electron chi connectivity index (χ1n) is 12.9. The molecule has 1 rings (SSSR count). The number of unbranched alkanes of at least 4 members (excludes halogenated alkanes) is 4. The van der Waals surface area contributed by atoms with Gasteiger partial charge in [0.1, 0.15) is 12.7 Å². The van der Waals surface area contributed by atoms with Crippen LogP contribution in [0.3, 0.4) is 0 Å². The number of hydrogen-bond donors (Lipinski definition) is 4. The SMILES string of the molecule is CCCCCC(=O)OC[C@@H](OC(=O)CCCCC)[C@@H](OC)[C@@H]1OC(C(=O)O)=C[C@H](N=C(N)N)[C@H]1NC(C)=O. The number of carbonyl (C=O) groups is 4. The van der Waals surface area contributed by atoms with Crippen LogP contribution in [-0.2, 0) is 38.1 Å². The molecule has 13 heteroatoms. The number of methoxy groups -OCH3 is 1. The molecule has 38 heavy (non-hydrogen) atoms. The van der Waals surface area contributed by atoms with Crippen LogP contribution in [0.1, 0.15) is 72.1 Å². The summed E-state index contributed by atoms with van der Waals surface area (Å²) >= 11 is 0. The fourth-order valence-corrected chi connectivity index (χ4v) is 4.00. The highest BCUT2D eigenvalue weighted by molar-refractivity contribution is 5.85. The largest absolute Gasteiger partial charge is 0.478 e. The molecule has 0 unspecified atom stereocenters. The van der Waals surface area contributed by atoms with Crippen molar-refractivity contribution in [1.29, 1.82) is 0 Å². The Morgan fingerprint density at radius 2 is 1.68 bits per heavy atom. The highest BCUT2D eigenvalue weighted by atomic mass is 16.6. The minimum Gasteiger partial charge on any atom is -0.478 e. The van der Waals surface area contributed by atoms with E-state index >= 15 is 0 Å². The van der Waals surface area contributed by atoms with Crippen LogP contribution >= 0.6 is 0 Å². The van der Waals surface area contributed by atoms with E-state index in [2.05, 4.69) is 10.3 Å². The molecule has 0 aromatic carbocycles. The lowest BCUT2D eigenvalue weighted by Crippen LogP contribution is -2.61. The Balaban J connectivity index is 3.34. The van der Waals surface area contributed by atoms with E-state index in [0.717, 1.165) is 31.8 Å². The predicted octanol–water partition coefficient (Wildman–Crippen LogP) is 1.13. The molecule has 0 radical (unpaired) electrons. The average molecular weight is 543 g/mol. The van der Waals surface area contributed by atoms with Crippen molar-refractivity contribution in [3.05, 3.63) is 11.8 Å². The molecule has 0 saturated heterocycles. The van der Waals surface area contributed by atoms with Crippen molar-refractivity contribution in [1.82, 2.24) is 5.32 Å². The summed E-state index contributed by atoms with van der Waals surface area (Å²) in [5.41, 5.74) is 11.1. The molecule has 1 amide bonds. The van der Waals surface area contributed by atoms with Crippen molar-refractivity contribution >= 4 is 29.8 Å². The second-order valence-electron chi connectivity index (χ2n) is 9.02. The molecular weight excluding hydrogens is 500 g/mol. The third kappa shape index (κ3) is 11.4. The molecule has 5 atom stereocenters. The van der Waals surface area contributed by atoms with Crippen LogP contribution in [0.15, 0.2) is 16.8 Å². The number of aliphatic imine (C=N–C) groups is 1. The van der Waals surface area contributed by atoms with Gasteiger partial charge in [0.2, 0.25) is 11.7 Å². The maximum absolute atomic E-state index is 12.6. The number of nitrogens with one attached hydrogen (secondary N) is 1. The zero-order valence-corrected chi connectivity index (χ0v) is 22.6. The molecule has 6 N–H and O–H groups in total. The number of carboxylic acid groups (broad SMARTS) is 1. The van der Waals surface area contributed by atoms with Gasteiger partial charge < -0.3 is 40.8 Å². The first kappa shape index (κ1) is 32.7. The topological polar surface area (TPSA) is 202 Å². The predicted molar refractivity (Wildman–Crippen MR) is 138 cm³/mol. The van der Waals surface area contributed by atoms with Gasteiger partial charge in [-0.2, -0.15) is 0 Å². The van der Waals surface area contributed by atoms with Gasteiger partial charge in [0.25, 0.3) is 0 Å². The van der Waals surface area contributed by atoms with E-state index in [1.807, 2.05) is 13.8 Å². The summed E-state index contributed by atoms with van der Waals surface area (Å²) in [5.74, 6) is -3.74. The molecule has 1 aliphatic heterocycles. The molecule has 0 fully saturated rings. The number of nitrogens with zero attached hydrogens (tertiary/aromatic N) is 1. The number of carboxylic acids is 1. The summed E-state index contributed by atoms with van der Waals surface area (Å²) in [4.78, 5) is 52.8. The Kier molecular flexibility index (Phi) is 14.8. The number of aliphatic carboxylic acids is 1. The van der Waals surface area contributed by atoms with Crippen LogP contribution in [0.2, 0.25) is 0 Å². The quantitative estimate of drug-likeness (QED) is 0.0888. The maximum atomic E-state index is 12.6. The Morgan fingerprint density at radius 1 is 1.08 bits per heavy atom. The Bertz CT molecular complexity index is 858. The molecule has 0 spiro atoms. The van der Waals surface area contributed by atoms with E-state index in [4.69, 9.17) is 30.4 Å². The maximum Gasteiger partial charge on any atom is 0.370 e. The van der Waals surface area contributed by atoms with Crippen LogP contribution in [0, 0.1) is 0 Å². The van der Waals surface area contributed by atoms with Crippen molar-refractivity contribution in [3.63, 3.8) is 0 Å². The third-order valence-electron chi connectivity index (χ3n) is 5.81. The number of rotatable bonds is 17. The Labute approximate surface area is 223 Å². The third-order valence-corrected chi connectivity index (χ3v) is 5.81. The van der Waals surface area contributed by atoms with Crippen molar-refractivity contribution in [2.24, 2.45) is 16.5 Å². The Hall–Kier alpha value is -3.35. The van der Waals surface area contributed by atoms with Gasteiger partial charge in [-0.05, 0) is 18.9 Å². The van der Waals surface area contributed by atoms with E-state index in [1.54, 1.807) is 0 Å². The molecule has 0 aliphatic carbocycles. The number of hydrogen-bond acceptors (Lipinski definition) is 9. The highest BCUT2D eigenvalue weighted by Crippen LogP contribution is 2.27. The van der Waals surface area contributed by atoms with Crippen molar-refractivity contribution in [2.45, 2.75) is 103 Å². The van der Waals surface area contributed by atoms with E-state index in [9.17, 15) is 24.3 Å². The van der Waals surface area contributed by atoms with Crippen LogP contribution in [0.25, 0.3) is 0 Å². The number of nitrogens with two attached hydrogens (primary N) is 2. The number of carbonyl (C=O) groups excluding carboxylic acids is 3. The van der Waals surface area contributed by atoms with Crippen LogP contribution in [0.5, 0.6) is 0 Å². The molecule has 1 aliphatic rings. The van der Waals surface area contributed by atoms with E-state index < -0.39 is 60.0 Å². The highest BCUT2D eigenvalue weighted by Gasteiger charge is 2.46. The molecule has 0 bridgehead atoms. The zero-order chi connectivity index (χ0) is 28.7. The fourth-order valence-electron chi connectivity index (χ4n) is 4.00. The summed E-state index contributed by atoms with van der Waals surface area (Å²) in [6, 6.07) is -2.05. The van der Waals surface area contributed by atoms with Crippen molar-refractivity contribution in [3.8, 4) is 0 Å². The van der Waals surface area contributed by atoms with E-state index in [1.165, 1.54) is 14.0 Å². The van der Waals surface area contributed by atoms with Crippen molar-refractivity contribution < 1.29 is 43.2 Å². The number of esters is 2. The van der Waals surface area contributed by atoms with Gasteiger partial charge >= 0.3 is 17.9 Å². The molecule has 0 aromatic heterocycles. The molecule has 216 valence electrons. The molecule has 0 aromatic rings. The first-order chi connectivity index (χ1) is 18.0. The lowest BCUT2D eigenvalue weighted by Gasteiger charge is -2.40. The molecular formula is C25H42N4O9. The average Bonchev–Trinajstić information content (AvgIpc) is 2.84. The normalized spacial score (nSPS) is 20.2. The minimum absolute atomic E-state index is 0.128. The van der Waals surface area contributed by atoms with E-state index in [-0.39, 0.29) is 25.4 Å². The summed E-state index contributed by atoms with van der Waals surface area (Å²) in [6.07, 6.45) is 2.64. The van der Waals surface area contributed by atoms with Crippen LogP contribution in [0.4, 0.5) is 0 Å². The summed E-state index contributed by atoms with van der Waals surface area (Å²) in [6.45, 7) is 4.89. The smallest absolute Gasteiger partial charge is 0.370 e. The monoisotopic (exact) mass is 542 g/mol. The minimum atomic E-state index is -1.41. The fraction of sp³-hybridized carbons (Fsp3) is 0.720. The lowest BCUT2D eigenvalue weighted by molar-refractivity contribution is -0.180. The number of amides is 1. The second kappa shape index (κ2) is 17.2. The van der Waals surface area contributed by atoms with Gasteiger partial charge in [-0.3, -0.25) is 14.4 Å². The molecule has 0 saturated carbocycles. The number of ether oxygens (including phenoxy) is 4. The first-order valence-corrected chi connectivity index (χ1v) is 12.9. The van der Waals surface area contributed by atoms with Gasteiger partial charge in [0, 0.05) is 26.9 Å². The van der Waals surface area contributed by atoms with Gasteiger partial charge in [0.15, 0.2) is 18.2 Å².